The summed E-state index contributed by atoms with van der Waals surface area (Å²) in [5.74, 6) is 0. The fourth-order valence-corrected chi connectivity index (χ4v) is 2.21. The minimum Gasteiger partial charge on any atom is -0.399 e. The second-order valence-corrected chi connectivity index (χ2v) is 6.02. The number of carbonyl (C=O) groups excluding carboxylic acids is 1. The summed E-state index contributed by atoms with van der Waals surface area (Å²) in [5, 5.41) is 0. The molecule has 0 bridgehead atoms. The van der Waals surface area contributed by atoms with E-state index in [0.29, 0.717) is 5.56 Å². The molecule has 0 spiro atoms. The van der Waals surface area contributed by atoms with Crippen LogP contribution in [0.2, 0.25) is 0 Å². The Morgan fingerprint density at radius 1 is 1.16 bits per heavy atom. The predicted molar refractivity (Wildman–Crippen MR) is 76.9 cm³/mol. The highest BCUT2D eigenvalue weighted by Crippen LogP contribution is 2.36. The Kier molecular flexibility index (Phi) is 3.58. The summed E-state index contributed by atoms with van der Waals surface area (Å²) in [6.07, 6.45) is 1.72. The topological polar surface area (TPSA) is 35.5 Å². The number of carbonyl (C=O) groups is 1. The first-order valence-electron chi connectivity index (χ1n) is 6.74. The SMILES string of the molecule is CCc1cc(C=O)ccc1B1OC(C)(C)C(C)(C)O1. The van der Waals surface area contributed by atoms with Crippen LogP contribution < -0.4 is 5.46 Å². The van der Waals surface area contributed by atoms with Crippen molar-refractivity contribution in [1.82, 2.24) is 0 Å². The fourth-order valence-electron chi connectivity index (χ4n) is 2.21. The van der Waals surface area contributed by atoms with E-state index in [-0.39, 0.29) is 18.3 Å². The molecule has 0 aromatic heterocycles. The largest absolute Gasteiger partial charge is 0.495 e. The summed E-state index contributed by atoms with van der Waals surface area (Å²) in [6.45, 7) is 10.2. The normalized spacial score (nSPS) is 20.6. The highest BCUT2D eigenvalue weighted by atomic mass is 16.7. The first-order valence-corrected chi connectivity index (χ1v) is 6.74. The number of aryl methyl sites for hydroxylation is 1. The molecule has 1 aromatic carbocycles. The van der Waals surface area contributed by atoms with Crippen LogP contribution in [0.3, 0.4) is 0 Å². The van der Waals surface area contributed by atoms with Crippen LogP contribution in [0, 0.1) is 0 Å². The lowest BCUT2D eigenvalue weighted by molar-refractivity contribution is 0.00578. The first kappa shape index (κ1) is 14.3. The van der Waals surface area contributed by atoms with Gasteiger partial charge in [-0.15, -0.1) is 0 Å². The van der Waals surface area contributed by atoms with E-state index in [1.807, 2.05) is 45.9 Å². The lowest BCUT2D eigenvalue weighted by Crippen LogP contribution is -2.41. The van der Waals surface area contributed by atoms with Crippen LogP contribution >= 0.6 is 0 Å². The molecule has 0 amide bonds. The van der Waals surface area contributed by atoms with Crippen LogP contribution in [0.15, 0.2) is 18.2 Å². The van der Waals surface area contributed by atoms with Crippen molar-refractivity contribution in [2.45, 2.75) is 52.2 Å². The molecule has 1 aliphatic heterocycles. The van der Waals surface area contributed by atoms with Crippen molar-refractivity contribution in [3.63, 3.8) is 0 Å². The van der Waals surface area contributed by atoms with E-state index in [0.717, 1.165) is 23.7 Å². The molecule has 102 valence electrons. The van der Waals surface area contributed by atoms with Crippen LogP contribution in [-0.2, 0) is 15.7 Å². The molecule has 3 nitrogen and oxygen atoms in total. The van der Waals surface area contributed by atoms with E-state index in [1.54, 1.807) is 0 Å². The van der Waals surface area contributed by atoms with Crippen molar-refractivity contribution in [2.75, 3.05) is 0 Å². The summed E-state index contributed by atoms with van der Waals surface area (Å²) in [5.41, 5.74) is 2.13. The van der Waals surface area contributed by atoms with E-state index >= 15 is 0 Å². The zero-order valence-corrected chi connectivity index (χ0v) is 12.3. The first-order chi connectivity index (χ1) is 8.80. The van der Waals surface area contributed by atoms with Gasteiger partial charge in [-0.1, -0.05) is 19.1 Å². The zero-order chi connectivity index (χ0) is 14.3. The summed E-state index contributed by atoms with van der Waals surface area (Å²) in [6, 6.07) is 5.66. The number of hydrogen-bond acceptors (Lipinski definition) is 3. The van der Waals surface area contributed by atoms with Crippen LogP contribution in [0.25, 0.3) is 0 Å². The van der Waals surface area contributed by atoms with Crippen molar-refractivity contribution < 1.29 is 14.1 Å². The second kappa shape index (κ2) is 4.76. The highest BCUT2D eigenvalue weighted by Gasteiger charge is 2.52. The molecule has 0 unspecified atom stereocenters. The Balaban J connectivity index is 2.36. The van der Waals surface area contributed by atoms with Gasteiger partial charge in [0.05, 0.1) is 11.2 Å². The summed E-state index contributed by atoms with van der Waals surface area (Å²) >= 11 is 0. The maximum absolute atomic E-state index is 10.9. The van der Waals surface area contributed by atoms with Crippen molar-refractivity contribution in [2.24, 2.45) is 0 Å². The van der Waals surface area contributed by atoms with E-state index in [2.05, 4.69) is 6.92 Å². The third-order valence-electron chi connectivity index (χ3n) is 4.19. The highest BCUT2D eigenvalue weighted by molar-refractivity contribution is 6.62. The Labute approximate surface area is 115 Å². The number of hydrogen-bond donors (Lipinski definition) is 0. The average molecular weight is 260 g/mol. The quantitative estimate of drug-likeness (QED) is 0.618. The number of aldehydes is 1. The monoisotopic (exact) mass is 260 g/mol. The molecule has 0 N–H and O–H groups in total. The third-order valence-corrected chi connectivity index (χ3v) is 4.19. The van der Waals surface area contributed by atoms with Gasteiger partial charge in [-0.3, -0.25) is 4.79 Å². The number of benzene rings is 1. The van der Waals surface area contributed by atoms with Gasteiger partial charge in [-0.05, 0) is 51.2 Å². The average Bonchev–Trinajstić information content (AvgIpc) is 2.57. The van der Waals surface area contributed by atoms with Gasteiger partial charge in [0.25, 0.3) is 0 Å². The number of rotatable bonds is 3. The Hall–Kier alpha value is -1.13. The van der Waals surface area contributed by atoms with E-state index in [9.17, 15) is 4.79 Å². The molecule has 1 heterocycles. The maximum atomic E-state index is 10.9. The fraction of sp³-hybridized carbons (Fsp3) is 0.533. The van der Waals surface area contributed by atoms with E-state index in [1.165, 1.54) is 0 Å². The molecular formula is C15H21BO3. The third kappa shape index (κ3) is 2.47. The van der Waals surface area contributed by atoms with Crippen LogP contribution in [0.5, 0.6) is 0 Å². The standard InChI is InChI=1S/C15H21BO3/c1-6-12-9-11(10-17)7-8-13(12)16-18-14(2,3)15(4,5)19-16/h7-10H,6H2,1-5H3. The van der Waals surface area contributed by atoms with Crippen LogP contribution in [-0.4, -0.2) is 24.6 Å². The minimum absolute atomic E-state index is 0.341. The van der Waals surface area contributed by atoms with Crippen molar-refractivity contribution in [3.8, 4) is 0 Å². The smallest absolute Gasteiger partial charge is 0.399 e. The van der Waals surface area contributed by atoms with Crippen molar-refractivity contribution >= 4 is 18.9 Å². The molecule has 1 aromatic rings. The molecule has 1 saturated heterocycles. The predicted octanol–water partition coefficient (Wildman–Crippen LogP) is 2.36. The lowest BCUT2D eigenvalue weighted by atomic mass is 9.75. The summed E-state index contributed by atoms with van der Waals surface area (Å²) < 4.78 is 12.1. The van der Waals surface area contributed by atoms with Gasteiger partial charge >= 0.3 is 7.12 Å². The van der Waals surface area contributed by atoms with Gasteiger partial charge in [0.15, 0.2) is 0 Å². The Bertz CT molecular complexity index is 478. The molecular weight excluding hydrogens is 239 g/mol. The van der Waals surface area contributed by atoms with Crippen LogP contribution in [0.4, 0.5) is 0 Å². The summed E-state index contributed by atoms with van der Waals surface area (Å²) in [7, 11) is -0.361. The maximum Gasteiger partial charge on any atom is 0.495 e. The van der Waals surface area contributed by atoms with Crippen molar-refractivity contribution in [3.05, 3.63) is 29.3 Å². The molecule has 1 aliphatic rings. The Morgan fingerprint density at radius 2 is 1.74 bits per heavy atom. The Morgan fingerprint density at radius 3 is 2.21 bits per heavy atom. The van der Waals surface area contributed by atoms with Gasteiger partial charge in [-0.25, -0.2) is 0 Å². The van der Waals surface area contributed by atoms with Crippen LogP contribution in [0.1, 0.15) is 50.5 Å². The minimum atomic E-state index is -0.361. The van der Waals surface area contributed by atoms with Gasteiger partial charge < -0.3 is 9.31 Å². The van der Waals surface area contributed by atoms with E-state index in [4.69, 9.17) is 9.31 Å². The lowest BCUT2D eigenvalue weighted by Gasteiger charge is -2.32. The van der Waals surface area contributed by atoms with Crippen molar-refractivity contribution in [1.29, 1.82) is 0 Å². The molecule has 4 heteroatoms. The van der Waals surface area contributed by atoms with Gasteiger partial charge in [0.2, 0.25) is 0 Å². The second-order valence-electron chi connectivity index (χ2n) is 6.02. The molecule has 0 saturated carbocycles. The molecule has 2 rings (SSSR count). The molecule has 0 aliphatic carbocycles. The molecule has 1 fully saturated rings. The molecule has 0 atom stereocenters. The van der Waals surface area contributed by atoms with Gasteiger partial charge in [0.1, 0.15) is 6.29 Å². The summed E-state index contributed by atoms with van der Waals surface area (Å²) in [4.78, 5) is 10.9. The van der Waals surface area contributed by atoms with Gasteiger partial charge in [-0.2, -0.15) is 0 Å². The van der Waals surface area contributed by atoms with Gasteiger partial charge in [0, 0.05) is 5.56 Å². The molecule has 0 radical (unpaired) electrons. The van der Waals surface area contributed by atoms with E-state index < -0.39 is 0 Å². The zero-order valence-electron chi connectivity index (χ0n) is 12.3. The molecule has 19 heavy (non-hydrogen) atoms.